The number of hydrogen-bond acceptors (Lipinski definition) is 3. The Hall–Kier alpha value is -1.53. The Morgan fingerprint density at radius 1 is 1.15 bits per heavy atom. The second-order valence-electron chi connectivity index (χ2n) is 4.30. The second-order valence-corrected chi connectivity index (χ2v) is 5.62. The molecule has 2 nitrogen and oxygen atoms in total. The first kappa shape index (κ1) is 14.9. The van der Waals surface area contributed by atoms with Crippen LogP contribution in [0.4, 0.5) is 13.2 Å². The van der Waals surface area contributed by atoms with Gasteiger partial charge in [-0.1, -0.05) is 0 Å². The van der Waals surface area contributed by atoms with Gasteiger partial charge in [0.1, 0.15) is 18.5 Å². The van der Waals surface area contributed by atoms with Crippen LogP contribution in [0.5, 0.6) is 5.75 Å². The van der Waals surface area contributed by atoms with Crippen LogP contribution in [0.15, 0.2) is 36.4 Å². The van der Waals surface area contributed by atoms with Gasteiger partial charge in [0.2, 0.25) is 0 Å². The lowest BCUT2D eigenvalue weighted by molar-refractivity contribution is -0.137. The number of aryl methyl sites for hydroxylation is 1. The summed E-state index contributed by atoms with van der Waals surface area (Å²) in [6, 6.07) is 8.10. The topological polar surface area (TPSA) is 29.5 Å². The fourth-order valence-corrected chi connectivity index (χ4v) is 2.48. The molecule has 108 valence electrons. The minimum atomic E-state index is -4.35. The molecule has 1 N–H and O–H groups in total. The molecule has 0 amide bonds. The normalized spacial score (nSPS) is 13.2. The van der Waals surface area contributed by atoms with E-state index in [0.29, 0.717) is 5.75 Å². The van der Waals surface area contributed by atoms with Gasteiger partial charge in [0.15, 0.2) is 0 Å². The summed E-state index contributed by atoms with van der Waals surface area (Å²) in [5, 5.41) is 9.88. The molecule has 1 aromatic carbocycles. The first-order chi connectivity index (χ1) is 9.36. The monoisotopic (exact) mass is 302 g/mol. The van der Waals surface area contributed by atoms with Crippen molar-refractivity contribution in [3.05, 3.63) is 51.7 Å². The summed E-state index contributed by atoms with van der Waals surface area (Å²) in [5.74, 6) is 0.297. The van der Waals surface area contributed by atoms with E-state index in [-0.39, 0.29) is 6.61 Å². The highest BCUT2D eigenvalue weighted by molar-refractivity contribution is 7.12. The first-order valence-electron chi connectivity index (χ1n) is 5.91. The van der Waals surface area contributed by atoms with Crippen molar-refractivity contribution in [2.24, 2.45) is 0 Å². The molecule has 0 fully saturated rings. The number of aliphatic hydroxyl groups excluding tert-OH is 1. The van der Waals surface area contributed by atoms with Gasteiger partial charge in [0.25, 0.3) is 0 Å². The van der Waals surface area contributed by atoms with E-state index in [0.717, 1.165) is 21.9 Å². The van der Waals surface area contributed by atoms with E-state index in [9.17, 15) is 18.3 Å². The Bertz CT molecular complexity index is 561. The molecular weight excluding hydrogens is 289 g/mol. The van der Waals surface area contributed by atoms with Gasteiger partial charge >= 0.3 is 6.18 Å². The Kier molecular flexibility index (Phi) is 4.35. The van der Waals surface area contributed by atoms with Gasteiger partial charge in [-0.15, -0.1) is 11.3 Å². The fourth-order valence-electron chi connectivity index (χ4n) is 1.63. The van der Waals surface area contributed by atoms with Gasteiger partial charge in [0.05, 0.1) is 5.56 Å². The maximum atomic E-state index is 12.4. The standard InChI is InChI=1S/C14H13F3O2S/c1-9-2-7-13(20-9)12(18)8-19-11-5-3-10(4-6-11)14(15,16)17/h2-7,12,18H,8H2,1H3. The Morgan fingerprint density at radius 3 is 2.30 bits per heavy atom. The minimum absolute atomic E-state index is 0.00528. The predicted octanol–water partition coefficient (Wildman–Crippen LogP) is 4.19. The molecule has 0 aliphatic rings. The van der Waals surface area contributed by atoms with Crippen LogP contribution >= 0.6 is 11.3 Å². The number of aliphatic hydroxyl groups is 1. The van der Waals surface area contributed by atoms with Gasteiger partial charge in [-0.05, 0) is 43.3 Å². The number of rotatable bonds is 4. The molecule has 0 spiro atoms. The molecule has 0 saturated carbocycles. The van der Waals surface area contributed by atoms with Crippen LogP contribution in [0, 0.1) is 6.92 Å². The van der Waals surface area contributed by atoms with E-state index in [4.69, 9.17) is 4.74 Å². The molecule has 1 unspecified atom stereocenters. The van der Waals surface area contributed by atoms with E-state index in [1.807, 2.05) is 13.0 Å². The van der Waals surface area contributed by atoms with Crippen molar-refractivity contribution in [1.82, 2.24) is 0 Å². The predicted molar refractivity (Wildman–Crippen MR) is 71.0 cm³/mol. The molecule has 6 heteroatoms. The Morgan fingerprint density at radius 2 is 1.80 bits per heavy atom. The number of halogens is 3. The molecule has 0 aliphatic carbocycles. The average molecular weight is 302 g/mol. The van der Waals surface area contributed by atoms with Crippen LogP contribution in [0.25, 0.3) is 0 Å². The molecule has 1 aromatic heterocycles. The summed E-state index contributed by atoms with van der Waals surface area (Å²) in [7, 11) is 0. The van der Waals surface area contributed by atoms with Crippen molar-refractivity contribution in [2.45, 2.75) is 19.2 Å². The zero-order chi connectivity index (χ0) is 14.8. The largest absolute Gasteiger partial charge is 0.490 e. The van der Waals surface area contributed by atoms with Gasteiger partial charge in [0, 0.05) is 9.75 Å². The molecule has 1 heterocycles. The molecular formula is C14H13F3O2S. The zero-order valence-corrected chi connectivity index (χ0v) is 11.5. The van der Waals surface area contributed by atoms with Crippen LogP contribution < -0.4 is 4.74 Å². The first-order valence-corrected chi connectivity index (χ1v) is 6.72. The highest BCUT2D eigenvalue weighted by atomic mass is 32.1. The molecule has 2 rings (SSSR count). The molecule has 0 saturated heterocycles. The van der Waals surface area contributed by atoms with Crippen LogP contribution in [-0.2, 0) is 6.18 Å². The number of alkyl halides is 3. The van der Waals surface area contributed by atoms with Crippen molar-refractivity contribution in [3.8, 4) is 5.75 Å². The second kappa shape index (κ2) is 5.85. The van der Waals surface area contributed by atoms with Crippen LogP contribution in [0.2, 0.25) is 0 Å². The van der Waals surface area contributed by atoms with Gasteiger partial charge < -0.3 is 9.84 Å². The molecule has 20 heavy (non-hydrogen) atoms. The summed E-state index contributed by atoms with van der Waals surface area (Å²) in [4.78, 5) is 1.85. The summed E-state index contributed by atoms with van der Waals surface area (Å²) in [6.07, 6.45) is -5.14. The van der Waals surface area contributed by atoms with E-state index in [1.54, 1.807) is 6.07 Å². The quantitative estimate of drug-likeness (QED) is 0.917. The SMILES string of the molecule is Cc1ccc(C(O)COc2ccc(C(F)(F)F)cc2)s1. The maximum Gasteiger partial charge on any atom is 0.416 e. The van der Waals surface area contributed by atoms with E-state index < -0.39 is 17.8 Å². The summed E-state index contributed by atoms with van der Waals surface area (Å²) < 4.78 is 42.4. The smallest absolute Gasteiger partial charge is 0.416 e. The van der Waals surface area contributed by atoms with Crippen LogP contribution in [-0.4, -0.2) is 11.7 Å². The number of benzene rings is 1. The molecule has 1 atom stereocenters. The third-order valence-corrected chi connectivity index (χ3v) is 3.78. The van der Waals surface area contributed by atoms with Crippen molar-refractivity contribution < 1.29 is 23.0 Å². The van der Waals surface area contributed by atoms with Crippen LogP contribution in [0.3, 0.4) is 0 Å². The number of ether oxygens (including phenoxy) is 1. The average Bonchev–Trinajstić information content (AvgIpc) is 2.82. The van der Waals surface area contributed by atoms with E-state index >= 15 is 0 Å². The molecule has 2 aromatic rings. The van der Waals surface area contributed by atoms with Crippen molar-refractivity contribution in [3.63, 3.8) is 0 Å². The molecule has 0 aliphatic heterocycles. The lowest BCUT2D eigenvalue weighted by Crippen LogP contribution is -2.09. The summed E-state index contributed by atoms with van der Waals surface area (Å²) in [5.41, 5.74) is -0.723. The van der Waals surface area contributed by atoms with Gasteiger partial charge in [-0.25, -0.2) is 0 Å². The fraction of sp³-hybridized carbons (Fsp3) is 0.286. The number of hydrogen-bond donors (Lipinski definition) is 1. The third-order valence-electron chi connectivity index (χ3n) is 2.68. The third kappa shape index (κ3) is 3.74. The van der Waals surface area contributed by atoms with Crippen LogP contribution in [0.1, 0.15) is 21.4 Å². The summed E-state index contributed by atoms with van der Waals surface area (Å²) in [6.45, 7) is 1.93. The highest BCUT2D eigenvalue weighted by Gasteiger charge is 2.30. The minimum Gasteiger partial charge on any atom is -0.490 e. The zero-order valence-electron chi connectivity index (χ0n) is 10.6. The summed E-state index contributed by atoms with van der Waals surface area (Å²) >= 11 is 1.46. The molecule has 0 bridgehead atoms. The molecule has 0 radical (unpaired) electrons. The lowest BCUT2D eigenvalue weighted by Gasteiger charge is -2.12. The van der Waals surface area contributed by atoms with Gasteiger partial charge in [-0.3, -0.25) is 0 Å². The van der Waals surface area contributed by atoms with Crippen molar-refractivity contribution >= 4 is 11.3 Å². The van der Waals surface area contributed by atoms with Gasteiger partial charge in [-0.2, -0.15) is 13.2 Å². The Balaban J connectivity index is 1.94. The highest BCUT2D eigenvalue weighted by Crippen LogP contribution is 2.30. The lowest BCUT2D eigenvalue weighted by atomic mass is 10.2. The maximum absolute atomic E-state index is 12.4. The van der Waals surface area contributed by atoms with Crippen molar-refractivity contribution in [1.29, 1.82) is 0 Å². The van der Waals surface area contributed by atoms with Crippen molar-refractivity contribution in [2.75, 3.05) is 6.61 Å². The van der Waals surface area contributed by atoms with E-state index in [2.05, 4.69) is 0 Å². The Labute approximate surface area is 118 Å². The van der Waals surface area contributed by atoms with E-state index in [1.165, 1.54) is 23.5 Å². The number of thiophene rings is 1.